The fourth-order valence-corrected chi connectivity index (χ4v) is 3.47. The molecule has 26 heavy (non-hydrogen) atoms. The molecule has 0 unspecified atom stereocenters. The van der Waals surface area contributed by atoms with Crippen LogP contribution in [-0.2, 0) is 11.2 Å². The molecular formula is C20H22BrNO4. The van der Waals surface area contributed by atoms with Crippen molar-refractivity contribution in [2.24, 2.45) is 0 Å². The van der Waals surface area contributed by atoms with E-state index in [1.807, 2.05) is 51.1 Å². The molecule has 6 heteroatoms. The number of fused-ring (bicyclic) bond motifs is 1. The van der Waals surface area contributed by atoms with Gasteiger partial charge in [-0.25, -0.2) is 0 Å². The van der Waals surface area contributed by atoms with E-state index >= 15 is 0 Å². The third-order valence-corrected chi connectivity index (χ3v) is 4.64. The summed E-state index contributed by atoms with van der Waals surface area (Å²) < 4.78 is 17.9. The first-order valence-corrected chi connectivity index (χ1v) is 9.40. The fourth-order valence-electron chi connectivity index (χ4n) is 2.86. The first kappa shape index (κ1) is 18.6. The summed E-state index contributed by atoms with van der Waals surface area (Å²) in [4.78, 5) is 12.3. The van der Waals surface area contributed by atoms with Crippen molar-refractivity contribution in [1.29, 1.82) is 0 Å². The first-order chi connectivity index (χ1) is 12.5. The van der Waals surface area contributed by atoms with Crippen LogP contribution in [0.2, 0.25) is 0 Å². The molecule has 0 aliphatic carbocycles. The Hall–Kier alpha value is -2.21. The summed E-state index contributed by atoms with van der Waals surface area (Å²) >= 11 is 3.44. The van der Waals surface area contributed by atoms with Crippen LogP contribution >= 0.6 is 15.9 Å². The monoisotopic (exact) mass is 419 g/mol. The molecule has 1 atom stereocenters. The molecule has 5 nitrogen and oxygen atoms in total. The standard InChI is InChI=1S/C20H22BrNO4/c1-4-24-19-9-14-8-13(3)26-18(14)10-16(19)22-20(23)11-25-17-6-5-12(2)7-15(17)21/h5-7,9-10,13H,4,8,11H2,1-3H3,(H,22,23)/t13-/m0/s1. The minimum Gasteiger partial charge on any atom is -0.492 e. The molecule has 2 aromatic rings. The maximum atomic E-state index is 12.3. The van der Waals surface area contributed by atoms with Gasteiger partial charge in [0.1, 0.15) is 23.4 Å². The van der Waals surface area contributed by atoms with Crippen LogP contribution in [0.15, 0.2) is 34.8 Å². The number of carbonyl (C=O) groups excluding carboxylic acids is 1. The summed E-state index contributed by atoms with van der Waals surface area (Å²) in [6, 6.07) is 9.48. The average molecular weight is 420 g/mol. The van der Waals surface area contributed by atoms with Crippen molar-refractivity contribution in [2.75, 3.05) is 18.5 Å². The molecule has 1 N–H and O–H groups in total. The maximum Gasteiger partial charge on any atom is 0.262 e. The van der Waals surface area contributed by atoms with Crippen LogP contribution in [0, 0.1) is 6.92 Å². The number of carbonyl (C=O) groups is 1. The molecule has 0 fully saturated rings. The van der Waals surface area contributed by atoms with Gasteiger partial charge in [-0.3, -0.25) is 4.79 Å². The number of nitrogens with one attached hydrogen (secondary N) is 1. The Morgan fingerprint density at radius 3 is 2.81 bits per heavy atom. The highest BCUT2D eigenvalue weighted by atomic mass is 79.9. The van der Waals surface area contributed by atoms with Crippen molar-refractivity contribution >= 4 is 27.5 Å². The van der Waals surface area contributed by atoms with Crippen molar-refractivity contribution in [3.05, 3.63) is 45.9 Å². The molecule has 0 bridgehead atoms. The van der Waals surface area contributed by atoms with Gasteiger partial charge in [0.05, 0.1) is 16.8 Å². The van der Waals surface area contributed by atoms with Crippen molar-refractivity contribution in [1.82, 2.24) is 0 Å². The van der Waals surface area contributed by atoms with Crippen LogP contribution in [-0.4, -0.2) is 25.2 Å². The summed E-state index contributed by atoms with van der Waals surface area (Å²) in [7, 11) is 0. The Labute approximate surface area is 161 Å². The normalized spacial score (nSPS) is 15.2. The van der Waals surface area contributed by atoms with Crippen LogP contribution < -0.4 is 19.5 Å². The highest BCUT2D eigenvalue weighted by Gasteiger charge is 2.22. The molecule has 0 radical (unpaired) electrons. The minimum atomic E-state index is -0.260. The van der Waals surface area contributed by atoms with E-state index in [0.717, 1.165) is 27.8 Å². The molecule has 1 amide bonds. The summed E-state index contributed by atoms with van der Waals surface area (Å²) in [6.07, 6.45) is 0.974. The van der Waals surface area contributed by atoms with Crippen LogP contribution in [0.25, 0.3) is 0 Å². The largest absolute Gasteiger partial charge is 0.492 e. The lowest BCUT2D eigenvalue weighted by molar-refractivity contribution is -0.118. The zero-order chi connectivity index (χ0) is 18.7. The van der Waals surface area contributed by atoms with Crippen molar-refractivity contribution < 1.29 is 19.0 Å². The van der Waals surface area contributed by atoms with Gasteiger partial charge in [0.25, 0.3) is 5.91 Å². The lowest BCUT2D eigenvalue weighted by atomic mass is 10.1. The Kier molecular flexibility index (Phi) is 5.71. The number of aryl methyl sites for hydroxylation is 1. The molecule has 0 saturated carbocycles. The second-order valence-corrected chi connectivity index (χ2v) is 7.15. The summed E-state index contributed by atoms with van der Waals surface area (Å²) in [5, 5.41) is 2.86. The van der Waals surface area contributed by atoms with Gasteiger partial charge in [0.2, 0.25) is 0 Å². The van der Waals surface area contributed by atoms with Gasteiger partial charge in [0, 0.05) is 18.1 Å². The lowest BCUT2D eigenvalue weighted by Gasteiger charge is -2.14. The molecule has 3 rings (SSSR count). The fraction of sp³-hybridized carbons (Fsp3) is 0.350. The van der Waals surface area contributed by atoms with Crippen molar-refractivity contribution in [3.63, 3.8) is 0 Å². The van der Waals surface area contributed by atoms with Gasteiger partial charge in [-0.05, 0) is 60.5 Å². The highest BCUT2D eigenvalue weighted by molar-refractivity contribution is 9.10. The number of ether oxygens (including phenoxy) is 3. The second kappa shape index (κ2) is 7.99. The van der Waals surface area contributed by atoms with E-state index in [-0.39, 0.29) is 18.6 Å². The predicted molar refractivity (Wildman–Crippen MR) is 104 cm³/mol. The van der Waals surface area contributed by atoms with Gasteiger partial charge < -0.3 is 19.5 Å². The third-order valence-electron chi connectivity index (χ3n) is 4.02. The van der Waals surface area contributed by atoms with Crippen LogP contribution in [0.1, 0.15) is 25.0 Å². The summed E-state index contributed by atoms with van der Waals surface area (Å²) in [6.45, 7) is 6.35. The van der Waals surface area contributed by atoms with E-state index in [1.165, 1.54) is 0 Å². The van der Waals surface area contributed by atoms with E-state index in [9.17, 15) is 4.79 Å². The van der Waals surface area contributed by atoms with Gasteiger partial charge in [0.15, 0.2) is 6.61 Å². The molecule has 0 spiro atoms. The number of amides is 1. The number of rotatable bonds is 6. The Morgan fingerprint density at radius 1 is 1.27 bits per heavy atom. The Bertz CT molecular complexity index is 822. The Morgan fingerprint density at radius 2 is 2.08 bits per heavy atom. The molecule has 1 heterocycles. The lowest BCUT2D eigenvalue weighted by Crippen LogP contribution is -2.20. The van der Waals surface area contributed by atoms with Crippen molar-refractivity contribution in [3.8, 4) is 17.2 Å². The molecule has 1 aliphatic rings. The molecule has 0 aromatic heterocycles. The van der Waals surface area contributed by atoms with Crippen LogP contribution in [0.3, 0.4) is 0 Å². The third kappa shape index (κ3) is 4.30. The molecule has 2 aromatic carbocycles. The molecular weight excluding hydrogens is 398 g/mol. The number of hydrogen-bond acceptors (Lipinski definition) is 4. The Balaban J connectivity index is 1.69. The smallest absolute Gasteiger partial charge is 0.262 e. The topological polar surface area (TPSA) is 56.8 Å². The number of halogens is 1. The van der Waals surface area contributed by atoms with E-state index in [2.05, 4.69) is 21.2 Å². The highest BCUT2D eigenvalue weighted by Crippen LogP contribution is 2.38. The summed E-state index contributed by atoms with van der Waals surface area (Å²) in [5.41, 5.74) is 2.80. The second-order valence-electron chi connectivity index (χ2n) is 6.29. The van der Waals surface area contributed by atoms with E-state index in [1.54, 1.807) is 0 Å². The minimum absolute atomic E-state index is 0.0957. The quantitative estimate of drug-likeness (QED) is 0.748. The van der Waals surface area contributed by atoms with Crippen LogP contribution in [0.5, 0.6) is 17.2 Å². The molecule has 0 saturated heterocycles. The summed E-state index contributed by atoms with van der Waals surface area (Å²) in [5.74, 6) is 1.80. The van der Waals surface area contributed by atoms with Crippen LogP contribution in [0.4, 0.5) is 5.69 Å². The van der Waals surface area contributed by atoms with E-state index in [0.29, 0.717) is 23.8 Å². The predicted octanol–water partition coefficient (Wildman–Crippen LogP) is 4.50. The van der Waals surface area contributed by atoms with Crippen molar-refractivity contribution in [2.45, 2.75) is 33.3 Å². The molecule has 1 aliphatic heterocycles. The van der Waals surface area contributed by atoms with Gasteiger partial charge >= 0.3 is 0 Å². The SMILES string of the molecule is CCOc1cc2c(cc1NC(=O)COc1ccc(C)cc1Br)O[C@@H](C)C2. The van der Waals surface area contributed by atoms with E-state index < -0.39 is 0 Å². The maximum absolute atomic E-state index is 12.3. The first-order valence-electron chi connectivity index (χ1n) is 8.61. The zero-order valence-electron chi connectivity index (χ0n) is 15.1. The number of hydrogen-bond donors (Lipinski definition) is 1. The molecule has 138 valence electrons. The zero-order valence-corrected chi connectivity index (χ0v) is 16.7. The number of benzene rings is 2. The van der Waals surface area contributed by atoms with Gasteiger partial charge in [-0.1, -0.05) is 6.07 Å². The average Bonchev–Trinajstić information content (AvgIpc) is 2.93. The van der Waals surface area contributed by atoms with Gasteiger partial charge in [-0.2, -0.15) is 0 Å². The number of anilines is 1. The van der Waals surface area contributed by atoms with E-state index in [4.69, 9.17) is 14.2 Å². The van der Waals surface area contributed by atoms with Gasteiger partial charge in [-0.15, -0.1) is 0 Å².